The Bertz CT molecular complexity index is 916. The minimum Gasteiger partial charge on any atom is -0.494 e. The highest BCUT2D eigenvalue weighted by atomic mass is 32.1. The summed E-state index contributed by atoms with van der Waals surface area (Å²) in [5.41, 5.74) is 1.49. The predicted molar refractivity (Wildman–Crippen MR) is 146 cm³/mol. The molecular weight excluding hydrogens is 460 g/mol. The number of benzene rings is 2. The van der Waals surface area contributed by atoms with E-state index in [1.165, 1.54) is 25.7 Å². The number of methoxy groups -OCH3 is 1. The molecule has 2 N–H and O–H groups in total. The third kappa shape index (κ3) is 11.0. The van der Waals surface area contributed by atoms with E-state index >= 15 is 0 Å². The van der Waals surface area contributed by atoms with Gasteiger partial charge in [0.2, 0.25) is 0 Å². The summed E-state index contributed by atoms with van der Waals surface area (Å²) < 4.78 is 17.1. The van der Waals surface area contributed by atoms with E-state index in [0.717, 1.165) is 29.9 Å². The maximum atomic E-state index is 12.5. The second-order valence-corrected chi connectivity index (χ2v) is 9.35. The van der Waals surface area contributed by atoms with Crippen LogP contribution in [0.4, 0.5) is 0 Å². The van der Waals surface area contributed by atoms with Crippen molar-refractivity contribution < 1.29 is 19.0 Å². The molecule has 0 bridgehead atoms. The van der Waals surface area contributed by atoms with Crippen LogP contribution in [0.3, 0.4) is 0 Å². The number of hydrogen-bond donors (Lipinski definition) is 2. The zero-order chi connectivity index (χ0) is 25.5. The lowest BCUT2D eigenvalue weighted by atomic mass is 10.1. The van der Waals surface area contributed by atoms with Crippen molar-refractivity contribution in [2.75, 3.05) is 20.3 Å². The van der Waals surface area contributed by atoms with Crippen LogP contribution in [0.2, 0.25) is 0 Å². The number of amides is 1. The number of rotatable bonds is 15. The molecular formula is C28H40N2O4S. The van der Waals surface area contributed by atoms with Crippen molar-refractivity contribution in [2.24, 2.45) is 5.92 Å². The molecule has 0 radical (unpaired) electrons. The zero-order valence-corrected chi connectivity index (χ0v) is 22.3. The van der Waals surface area contributed by atoms with Crippen molar-refractivity contribution in [1.29, 1.82) is 0 Å². The lowest BCUT2D eigenvalue weighted by molar-refractivity contribution is 0.0976. The number of carbonyl (C=O) groups excluding carboxylic acids is 1. The van der Waals surface area contributed by atoms with E-state index in [1.54, 1.807) is 19.2 Å². The van der Waals surface area contributed by atoms with Gasteiger partial charge in [0, 0.05) is 12.1 Å². The van der Waals surface area contributed by atoms with E-state index in [0.29, 0.717) is 37.0 Å². The summed E-state index contributed by atoms with van der Waals surface area (Å²) in [7, 11) is 1.62. The summed E-state index contributed by atoms with van der Waals surface area (Å²) in [5, 5.41) is 6.05. The summed E-state index contributed by atoms with van der Waals surface area (Å²) in [6.45, 7) is 8.33. The van der Waals surface area contributed by atoms with Crippen molar-refractivity contribution in [3.8, 4) is 17.2 Å². The Morgan fingerprint density at radius 3 is 2.37 bits per heavy atom. The SMILES string of the molecule is CCCCCCCOc1ccc(C(=O)NC(=S)NCc2ccc(OCCC(C)C)c(OC)c2)cc1. The highest BCUT2D eigenvalue weighted by molar-refractivity contribution is 7.80. The summed E-state index contributed by atoms with van der Waals surface area (Å²) in [6.07, 6.45) is 6.96. The Balaban J connectivity index is 1.76. The van der Waals surface area contributed by atoms with Gasteiger partial charge in [0.1, 0.15) is 5.75 Å². The molecule has 0 aliphatic rings. The van der Waals surface area contributed by atoms with Gasteiger partial charge in [-0.05, 0) is 72.9 Å². The van der Waals surface area contributed by atoms with E-state index in [1.807, 2.05) is 30.3 Å². The van der Waals surface area contributed by atoms with Gasteiger partial charge >= 0.3 is 0 Å². The molecule has 2 aromatic carbocycles. The van der Waals surface area contributed by atoms with Crippen LogP contribution < -0.4 is 24.8 Å². The quantitative estimate of drug-likeness (QED) is 0.222. The minimum absolute atomic E-state index is 0.263. The van der Waals surface area contributed by atoms with Gasteiger partial charge in [-0.3, -0.25) is 10.1 Å². The molecule has 0 aliphatic carbocycles. The van der Waals surface area contributed by atoms with Crippen LogP contribution in [-0.2, 0) is 6.54 Å². The first kappa shape index (κ1) is 28.4. The Morgan fingerprint density at radius 1 is 0.943 bits per heavy atom. The lowest BCUT2D eigenvalue weighted by Crippen LogP contribution is -2.38. The van der Waals surface area contributed by atoms with E-state index in [9.17, 15) is 4.79 Å². The van der Waals surface area contributed by atoms with Gasteiger partial charge in [-0.25, -0.2) is 0 Å². The first-order valence-electron chi connectivity index (χ1n) is 12.5. The molecule has 0 saturated carbocycles. The number of ether oxygens (including phenoxy) is 3. The van der Waals surface area contributed by atoms with Gasteiger partial charge in [-0.15, -0.1) is 0 Å². The monoisotopic (exact) mass is 500 g/mol. The largest absolute Gasteiger partial charge is 0.494 e. The Kier molecular flexibility index (Phi) is 13.0. The van der Waals surface area contributed by atoms with Gasteiger partial charge in [-0.2, -0.15) is 0 Å². The van der Waals surface area contributed by atoms with Gasteiger partial charge in [0.05, 0.1) is 20.3 Å². The second-order valence-electron chi connectivity index (χ2n) is 8.94. The lowest BCUT2D eigenvalue weighted by Gasteiger charge is -2.14. The number of unbranched alkanes of at least 4 members (excludes halogenated alkanes) is 4. The molecule has 0 atom stereocenters. The van der Waals surface area contributed by atoms with Crippen molar-refractivity contribution in [1.82, 2.24) is 10.6 Å². The van der Waals surface area contributed by atoms with Crippen LogP contribution in [0.25, 0.3) is 0 Å². The highest BCUT2D eigenvalue weighted by Crippen LogP contribution is 2.28. The summed E-state index contributed by atoms with van der Waals surface area (Å²) >= 11 is 5.30. The number of nitrogens with one attached hydrogen (secondary N) is 2. The Morgan fingerprint density at radius 2 is 1.69 bits per heavy atom. The maximum Gasteiger partial charge on any atom is 0.257 e. The molecule has 0 spiro atoms. The van der Waals surface area contributed by atoms with E-state index in [4.69, 9.17) is 26.4 Å². The second kappa shape index (κ2) is 16.0. The van der Waals surface area contributed by atoms with E-state index < -0.39 is 0 Å². The molecule has 0 aliphatic heterocycles. The standard InChI is InChI=1S/C28H40N2O4S/c1-5-6-7-8-9-17-33-24-13-11-23(12-14-24)27(31)30-28(35)29-20-22-10-15-25(26(19-22)32-4)34-18-16-21(2)3/h10-15,19,21H,5-9,16-18,20H2,1-4H3,(H2,29,30,31,35). The van der Waals surface area contributed by atoms with Gasteiger partial charge in [0.15, 0.2) is 16.6 Å². The number of carbonyl (C=O) groups is 1. The predicted octanol–water partition coefficient (Wildman–Crippen LogP) is 6.27. The van der Waals surface area contributed by atoms with Crippen LogP contribution >= 0.6 is 12.2 Å². The molecule has 0 aromatic heterocycles. The average Bonchev–Trinajstić information content (AvgIpc) is 2.85. The molecule has 7 heteroatoms. The van der Waals surface area contributed by atoms with Crippen LogP contribution in [0, 0.1) is 5.92 Å². The number of hydrogen-bond acceptors (Lipinski definition) is 5. The fourth-order valence-electron chi connectivity index (χ4n) is 3.35. The molecule has 35 heavy (non-hydrogen) atoms. The third-order valence-electron chi connectivity index (χ3n) is 5.49. The molecule has 6 nitrogen and oxygen atoms in total. The zero-order valence-electron chi connectivity index (χ0n) is 21.5. The fourth-order valence-corrected chi connectivity index (χ4v) is 3.51. The van der Waals surface area contributed by atoms with Gasteiger partial charge in [0.25, 0.3) is 5.91 Å². The van der Waals surface area contributed by atoms with Crippen LogP contribution in [0.5, 0.6) is 17.2 Å². The van der Waals surface area contributed by atoms with Crippen molar-refractivity contribution in [3.63, 3.8) is 0 Å². The van der Waals surface area contributed by atoms with E-state index in [2.05, 4.69) is 31.4 Å². The first-order valence-corrected chi connectivity index (χ1v) is 13.0. The first-order chi connectivity index (χ1) is 16.9. The summed E-state index contributed by atoms with van der Waals surface area (Å²) in [5.74, 6) is 2.48. The highest BCUT2D eigenvalue weighted by Gasteiger charge is 2.10. The molecule has 0 saturated heterocycles. The summed E-state index contributed by atoms with van der Waals surface area (Å²) in [6, 6.07) is 12.9. The fraction of sp³-hybridized carbons (Fsp3) is 0.500. The van der Waals surface area contributed by atoms with Crippen molar-refractivity contribution >= 4 is 23.2 Å². The average molecular weight is 501 g/mol. The smallest absolute Gasteiger partial charge is 0.257 e. The van der Waals surface area contributed by atoms with Crippen LogP contribution in [-0.4, -0.2) is 31.3 Å². The van der Waals surface area contributed by atoms with Gasteiger partial charge < -0.3 is 19.5 Å². The third-order valence-corrected chi connectivity index (χ3v) is 5.74. The van der Waals surface area contributed by atoms with Crippen molar-refractivity contribution in [3.05, 3.63) is 53.6 Å². The molecule has 2 aromatic rings. The topological polar surface area (TPSA) is 68.8 Å². The molecule has 192 valence electrons. The molecule has 2 rings (SSSR count). The van der Waals surface area contributed by atoms with Gasteiger partial charge in [-0.1, -0.05) is 52.5 Å². The molecule has 0 fully saturated rings. The Labute approximate surface area is 215 Å². The Hall–Kier alpha value is -2.80. The molecule has 0 unspecified atom stereocenters. The summed E-state index contributed by atoms with van der Waals surface area (Å²) in [4.78, 5) is 12.5. The maximum absolute atomic E-state index is 12.5. The molecule has 0 heterocycles. The normalized spacial score (nSPS) is 10.7. The molecule has 1 amide bonds. The van der Waals surface area contributed by atoms with Crippen LogP contribution in [0.15, 0.2) is 42.5 Å². The minimum atomic E-state index is -0.264. The van der Waals surface area contributed by atoms with Crippen LogP contribution in [0.1, 0.15) is 75.2 Å². The van der Waals surface area contributed by atoms with Crippen molar-refractivity contribution in [2.45, 2.75) is 65.8 Å². The number of thiocarbonyl (C=S) groups is 1. The van der Waals surface area contributed by atoms with E-state index in [-0.39, 0.29) is 11.0 Å².